The van der Waals surface area contributed by atoms with Gasteiger partial charge in [0.2, 0.25) is 0 Å². The van der Waals surface area contributed by atoms with Gasteiger partial charge in [-0.05, 0) is 67.1 Å². The molecule has 1 aliphatic heterocycles. The van der Waals surface area contributed by atoms with Crippen LogP contribution in [-0.2, 0) is 10.0 Å². The smallest absolute Gasteiger partial charge is 0.262 e. The van der Waals surface area contributed by atoms with Crippen molar-refractivity contribution in [2.24, 2.45) is 0 Å². The minimum Gasteiger partial charge on any atom is -0.486 e. The number of anilines is 2. The van der Waals surface area contributed by atoms with Gasteiger partial charge in [-0.15, -0.1) is 0 Å². The zero-order valence-electron chi connectivity index (χ0n) is 19.0. The van der Waals surface area contributed by atoms with Crippen LogP contribution < -0.4 is 24.8 Å². The largest absolute Gasteiger partial charge is 0.486 e. The first-order valence-corrected chi connectivity index (χ1v) is 12.6. The summed E-state index contributed by atoms with van der Waals surface area (Å²) < 4.78 is 38.9. The molecule has 0 aromatic heterocycles. The van der Waals surface area contributed by atoms with E-state index in [0.717, 1.165) is 6.42 Å². The van der Waals surface area contributed by atoms with Crippen LogP contribution in [-0.4, -0.2) is 40.0 Å². The first kappa shape index (κ1) is 24.1. The van der Waals surface area contributed by atoms with E-state index < -0.39 is 10.0 Å². The van der Waals surface area contributed by atoms with Crippen molar-refractivity contribution in [2.75, 3.05) is 29.8 Å². The highest BCUT2D eigenvalue weighted by Gasteiger charge is 2.20. The lowest BCUT2D eigenvalue weighted by atomic mass is 10.1. The van der Waals surface area contributed by atoms with Gasteiger partial charge in [0.25, 0.3) is 21.8 Å². The van der Waals surface area contributed by atoms with E-state index >= 15 is 0 Å². The first-order valence-electron chi connectivity index (χ1n) is 11.1. The van der Waals surface area contributed by atoms with Crippen molar-refractivity contribution >= 4 is 33.2 Å². The van der Waals surface area contributed by atoms with Gasteiger partial charge in [-0.1, -0.05) is 6.92 Å². The van der Waals surface area contributed by atoms with E-state index in [2.05, 4.69) is 15.4 Å². The number of carbonyl (C=O) groups is 2. The van der Waals surface area contributed by atoms with E-state index in [1.165, 1.54) is 36.4 Å². The van der Waals surface area contributed by atoms with Crippen molar-refractivity contribution in [3.8, 4) is 11.5 Å². The van der Waals surface area contributed by atoms with E-state index in [4.69, 9.17) is 9.47 Å². The van der Waals surface area contributed by atoms with Crippen LogP contribution in [0.5, 0.6) is 11.5 Å². The molecule has 10 heteroatoms. The molecule has 0 unspecified atom stereocenters. The average molecular weight is 496 g/mol. The van der Waals surface area contributed by atoms with Crippen molar-refractivity contribution in [3.63, 3.8) is 0 Å². The Morgan fingerprint density at radius 3 is 2.06 bits per heavy atom. The maximum atomic E-state index is 12.8. The minimum absolute atomic E-state index is 0.0374. The van der Waals surface area contributed by atoms with E-state index in [1.807, 2.05) is 6.92 Å². The molecular weight excluding hydrogens is 470 g/mol. The SMILES string of the molecule is CCCNC(=O)c1ccc(NC(=O)c2ccc(NS(=O)(=O)c3ccc4c(c3)OCCO4)cc2)cc1. The van der Waals surface area contributed by atoms with Gasteiger partial charge in [-0.2, -0.15) is 0 Å². The Morgan fingerprint density at radius 1 is 0.800 bits per heavy atom. The molecular formula is C25H25N3O6S. The van der Waals surface area contributed by atoms with Gasteiger partial charge in [0.1, 0.15) is 13.2 Å². The monoisotopic (exact) mass is 495 g/mol. The number of nitrogens with one attached hydrogen (secondary N) is 3. The second-order valence-corrected chi connectivity index (χ2v) is 9.46. The van der Waals surface area contributed by atoms with Gasteiger partial charge in [0.15, 0.2) is 11.5 Å². The number of fused-ring (bicyclic) bond motifs is 1. The summed E-state index contributed by atoms with van der Waals surface area (Å²) in [5.41, 5.74) is 1.69. The maximum absolute atomic E-state index is 12.8. The number of hydrogen-bond acceptors (Lipinski definition) is 6. The third kappa shape index (κ3) is 5.90. The number of sulfonamides is 1. The lowest BCUT2D eigenvalue weighted by Crippen LogP contribution is -2.23. The summed E-state index contributed by atoms with van der Waals surface area (Å²) >= 11 is 0. The molecule has 4 rings (SSSR count). The predicted molar refractivity (Wildman–Crippen MR) is 132 cm³/mol. The number of amides is 2. The maximum Gasteiger partial charge on any atom is 0.262 e. The van der Waals surface area contributed by atoms with Gasteiger partial charge in [0.05, 0.1) is 4.90 Å². The molecule has 3 N–H and O–H groups in total. The molecule has 0 aliphatic carbocycles. The first-order chi connectivity index (χ1) is 16.9. The standard InChI is InChI=1S/C25H25N3O6S/c1-2-13-26-24(29)17-3-7-19(8-4-17)27-25(30)18-5-9-20(10-6-18)28-35(31,32)21-11-12-22-23(16-21)34-15-14-33-22/h3-12,16,28H,2,13-15H2,1H3,(H,26,29)(H,27,30). The minimum atomic E-state index is -3.86. The van der Waals surface area contributed by atoms with E-state index in [-0.39, 0.29) is 16.7 Å². The summed E-state index contributed by atoms with van der Waals surface area (Å²) in [6, 6.07) is 17.0. The molecule has 0 atom stereocenters. The third-order valence-electron chi connectivity index (χ3n) is 5.16. The Kier molecular flexibility index (Phi) is 7.21. The summed E-state index contributed by atoms with van der Waals surface area (Å²) in [7, 11) is -3.86. The number of carbonyl (C=O) groups excluding carboxylic acids is 2. The Bertz CT molecular complexity index is 1320. The Labute approximate surface area is 203 Å². The van der Waals surface area contributed by atoms with Crippen molar-refractivity contribution in [3.05, 3.63) is 77.9 Å². The second kappa shape index (κ2) is 10.5. The molecule has 0 spiro atoms. The summed E-state index contributed by atoms with van der Waals surface area (Å²) in [6.07, 6.45) is 0.846. The zero-order valence-corrected chi connectivity index (χ0v) is 19.9. The summed E-state index contributed by atoms with van der Waals surface area (Å²) in [6.45, 7) is 3.34. The molecule has 1 aliphatic rings. The molecule has 9 nitrogen and oxygen atoms in total. The zero-order chi connectivity index (χ0) is 24.8. The lowest BCUT2D eigenvalue weighted by molar-refractivity contribution is 0.0953. The molecule has 0 bridgehead atoms. The molecule has 0 radical (unpaired) electrons. The average Bonchev–Trinajstić information content (AvgIpc) is 2.87. The Hall–Kier alpha value is -4.05. The van der Waals surface area contributed by atoms with Crippen LogP contribution in [0.4, 0.5) is 11.4 Å². The van der Waals surface area contributed by atoms with E-state index in [0.29, 0.717) is 53.8 Å². The molecule has 3 aromatic rings. The summed E-state index contributed by atoms with van der Waals surface area (Å²) in [5, 5.41) is 5.55. The highest BCUT2D eigenvalue weighted by molar-refractivity contribution is 7.92. The fourth-order valence-corrected chi connectivity index (χ4v) is 4.42. The molecule has 0 fully saturated rings. The van der Waals surface area contributed by atoms with Crippen molar-refractivity contribution in [1.82, 2.24) is 5.32 Å². The number of rotatable bonds is 8. The molecule has 0 saturated heterocycles. The number of ether oxygens (including phenoxy) is 2. The van der Waals surface area contributed by atoms with Crippen LogP contribution in [0.15, 0.2) is 71.6 Å². The number of benzene rings is 3. The quantitative estimate of drug-likeness (QED) is 0.438. The predicted octanol–water partition coefficient (Wildman–Crippen LogP) is 3.65. The second-order valence-electron chi connectivity index (χ2n) is 7.78. The van der Waals surface area contributed by atoms with Gasteiger partial charge in [-0.3, -0.25) is 14.3 Å². The normalized spacial score (nSPS) is 12.5. The summed E-state index contributed by atoms with van der Waals surface area (Å²) in [4.78, 5) is 24.6. The van der Waals surface area contributed by atoms with E-state index in [9.17, 15) is 18.0 Å². The van der Waals surface area contributed by atoms with Crippen LogP contribution in [0.2, 0.25) is 0 Å². The van der Waals surface area contributed by atoms with Crippen LogP contribution in [0.25, 0.3) is 0 Å². The summed E-state index contributed by atoms with van der Waals surface area (Å²) in [5.74, 6) is 0.342. The highest BCUT2D eigenvalue weighted by Crippen LogP contribution is 2.32. The molecule has 3 aromatic carbocycles. The fourth-order valence-electron chi connectivity index (χ4n) is 3.34. The Balaban J connectivity index is 1.38. The van der Waals surface area contributed by atoms with Gasteiger partial charge in [0, 0.05) is 35.1 Å². The third-order valence-corrected chi connectivity index (χ3v) is 6.54. The van der Waals surface area contributed by atoms with Gasteiger partial charge < -0.3 is 20.1 Å². The van der Waals surface area contributed by atoms with Crippen molar-refractivity contribution < 1.29 is 27.5 Å². The molecule has 1 heterocycles. The van der Waals surface area contributed by atoms with Gasteiger partial charge in [-0.25, -0.2) is 8.42 Å². The molecule has 182 valence electrons. The van der Waals surface area contributed by atoms with Crippen LogP contribution in [0, 0.1) is 0 Å². The van der Waals surface area contributed by atoms with Gasteiger partial charge >= 0.3 is 0 Å². The lowest BCUT2D eigenvalue weighted by Gasteiger charge is -2.19. The molecule has 35 heavy (non-hydrogen) atoms. The van der Waals surface area contributed by atoms with Crippen molar-refractivity contribution in [1.29, 1.82) is 0 Å². The van der Waals surface area contributed by atoms with E-state index in [1.54, 1.807) is 30.3 Å². The van der Waals surface area contributed by atoms with Crippen LogP contribution >= 0.6 is 0 Å². The molecule has 0 saturated carbocycles. The van der Waals surface area contributed by atoms with Crippen molar-refractivity contribution in [2.45, 2.75) is 18.2 Å². The number of hydrogen-bond donors (Lipinski definition) is 3. The van der Waals surface area contributed by atoms with Crippen LogP contribution in [0.3, 0.4) is 0 Å². The van der Waals surface area contributed by atoms with Crippen LogP contribution in [0.1, 0.15) is 34.1 Å². The topological polar surface area (TPSA) is 123 Å². The molecule has 2 amide bonds. The fraction of sp³-hybridized carbons (Fsp3) is 0.200. The Morgan fingerprint density at radius 2 is 1.40 bits per heavy atom. The highest BCUT2D eigenvalue weighted by atomic mass is 32.2.